The molecule has 3 aromatic carbocycles. The van der Waals surface area contributed by atoms with Gasteiger partial charge in [0.2, 0.25) is 15.9 Å². The van der Waals surface area contributed by atoms with Crippen LogP contribution in [-0.2, 0) is 21.4 Å². The van der Waals surface area contributed by atoms with E-state index in [1.165, 1.54) is 15.9 Å². The van der Waals surface area contributed by atoms with Crippen molar-refractivity contribution in [2.24, 2.45) is 0 Å². The summed E-state index contributed by atoms with van der Waals surface area (Å²) in [6, 6.07) is 21.6. The Hall–Kier alpha value is -2.86. The Morgan fingerprint density at radius 1 is 0.966 bits per heavy atom. The molecule has 0 bridgehead atoms. The van der Waals surface area contributed by atoms with Crippen molar-refractivity contribution in [3.05, 3.63) is 77.9 Å². The molecule has 0 unspecified atom stereocenters. The predicted molar refractivity (Wildman–Crippen MR) is 118 cm³/mol. The van der Waals surface area contributed by atoms with Crippen molar-refractivity contribution >= 4 is 32.4 Å². The van der Waals surface area contributed by atoms with Crippen LogP contribution in [0.2, 0.25) is 0 Å². The summed E-state index contributed by atoms with van der Waals surface area (Å²) in [7, 11) is -3.41. The zero-order chi connectivity index (χ0) is 20.9. The molecule has 0 aliphatic heterocycles. The Labute approximate surface area is 172 Å². The van der Waals surface area contributed by atoms with Gasteiger partial charge in [-0.05, 0) is 53.4 Å². The molecule has 29 heavy (non-hydrogen) atoms. The van der Waals surface area contributed by atoms with Gasteiger partial charge >= 0.3 is 0 Å². The summed E-state index contributed by atoms with van der Waals surface area (Å²) >= 11 is 0. The van der Waals surface area contributed by atoms with E-state index in [0.29, 0.717) is 18.7 Å². The number of carbonyl (C=O) groups excluding carboxylic acids is 1. The van der Waals surface area contributed by atoms with Gasteiger partial charge in [0.1, 0.15) is 0 Å². The van der Waals surface area contributed by atoms with Crippen LogP contribution in [0.5, 0.6) is 0 Å². The van der Waals surface area contributed by atoms with Crippen molar-refractivity contribution in [3.63, 3.8) is 0 Å². The topological polar surface area (TPSA) is 66.5 Å². The monoisotopic (exact) mass is 410 g/mol. The lowest BCUT2D eigenvalue weighted by atomic mass is 10.1. The summed E-state index contributed by atoms with van der Waals surface area (Å²) in [5, 5.41) is 5.22. The zero-order valence-electron chi connectivity index (χ0n) is 16.8. The second-order valence-corrected chi connectivity index (χ2v) is 9.14. The molecule has 0 saturated heterocycles. The van der Waals surface area contributed by atoms with Gasteiger partial charge < -0.3 is 5.32 Å². The zero-order valence-corrected chi connectivity index (χ0v) is 17.6. The van der Waals surface area contributed by atoms with Crippen molar-refractivity contribution in [2.75, 3.05) is 17.1 Å². The van der Waals surface area contributed by atoms with E-state index < -0.39 is 10.0 Å². The second-order valence-electron chi connectivity index (χ2n) is 7.24. The third-order valence-corrected chi connectivity index (χ3v) is 5.95. The normalized spacial score (nSPS) is 11.4. The van der Waals surface area contributed by atoms with Crippen molar-refractivity contribution in [1.82, 2.24) is 5.32 Å². The van der Waals surface area contributed by atoms with Gasteiger partial charge in [0.05, 0.1) is 11.9 Å². The molecule has 0 fully saturated rings. The highest BCUT2D eigenvalue weighted by Gasteiger charge is 2.17. The predicted octanol–water partition coefficient (Wildman–Crippen LogP) is 4.01. The maximum Gasteiger partial charge on any atom is 0.232 e. The van der Waals surface area contributed by atoms with E-state index in [-0.39, 0.29) is 18.9 Å². The van der Waals surface area contributed by atoms with Crippen LogP contribution in [0.25, 0.3) is 10.8 Å². The maximum atomic E-state index is 12.2. The van der Waals surface area contributed by atoms with Gasteiger partial charge in [0.15, 0.2) is 0 Å². The highest BCUT2D eigenvalue weighted by atomic mass is 32.2. The lowest BCUT2D eigenvalue weighted by molar-refractivity contribution is -0.121. The number of anilines is 1. The molecule has 0 aromatic heterocycles. The summed E-state index contributed by atoms with van der Waals surface area (Å²) in [5.41, 5.74) is 2.66. The molecule has 5 nitrogen and oxygen atoms in total. The number of benzene rings is 3. The van der Waals surface area contributed by atoms with Gasteiger partial charge in [0, 0.05) is 19.5 Å². The Bertz CT molecular complexity index is 1110. The van der Waals surface area contributed by atoms with Crippen LogP contribution in [0.4, 0.5) is 5.69 Å². The highest BCUT2D eigenvalue weighted by molar-refractivity contribution is 7.92. The van der Waals surface area contributed by atoms with E-state index in [1.54, 1.807) is 6.07 Å². The Balaban J connectivity index is 1.53. The number of amides is 1. The number of hydrogen-bond donors (Lipinski definition) is 1. The SMILES string of the molecule is Cc1cccc(N(CCCC(=O)NCc2ccc3ccccc3c2)S(C)(=O)=O)c1. The third-order valence-electron chi connectivity index (χ3n) is 4.76. The van der Waals surface area contributed by atoms with Crippen molar-refractivity contribution < 1.29 is 13.2 Å². The number of rotatable bonds is 8. The number of nitrogens with zero attached hydrogens (tertiary/aromatic N) is 1. The van der Waals surface area contributed by atoms with E-state index in [1.807, 2.05) is 55.5 Å². The molecule has 0 aliphatic carbocycles. The number of fused-ring (bicyclic) bond motifs is 1. The number of hydrogen-bond acceptors (Lipinski definition) is 3. The van der Waals surface area contributed by atoms with Crippen LogP contribution in [-0.4, -0.2) is 27.1 Å². The molecule has 3 rings (SSSR count). The second kappa shape index (κ2) is 9.09. The molecule has 0 spiro atoms. The molecule has 3 aromatic rings. The van der Waals surface area contributed by atoms with Crippen molar-refractivity contribution in [3.8, 4) is 0 Å². The largest absolute Gasteiger partial charge is 0.352 e. The summed E-state index contributed by atoms with van der Waals surface area (Å²) < 4.78 is 25.7. The first-order valence-electron chi connectivity index (χ1n) is 9.62. The van der Waals surface area contributed by atoms with Crippen LogP contribution in [0.3, 0.4) is 0 Å². The fraction of sp³-hybridized carbons (Fsp3) is 0.261. The molecular weight excluding hydrogens is 384 g/mol. The van der Waals surface area contributed by atoms with Gasteiger partial charge in [-0.15, -0.1) is 0 Å². The number of aryl methyl sites for hydroxylation is 1. The van der Waals surface area contributed by atoms with Gasteiger partial charge in [-0.2, -0.15) is 0 Å². The molecule has 0 radical (unpaired) electrons. The summed E-state index contributed by atoms with van der Waals surface area (Å²) in [6.45, 7) is 2.65. The fourth-order valence-electron chi connectivity index (χ4n) is 3.29. The van der Waals surface area contributed by atoms with E-state index in [9.17, 15) is 13.2 Å². The Morgan fingerprint density at radius 2 is 1.72 bits per heavy atom. The molecule has 6 heteroatoms. The average Bonchev–Trinajstić information content (AvgIpc) is 2.68. The lowest BCUT2D eigenvalue weighted by Crippen LogP contribution is -2.32. The first-order chi connectivity index (χ1) is 13.8. The van der Waals surface area contributed by atoms with Crippen LogP contribution in [0, 0.1) is 6.92 Å². The molecular formula is C23H26N2O3S. The fourth-order valence-corrected chi connectivity index (χ4v) is 4.25. The first-order valence-corrected chi connectivity index (χ1v) is 11.5. The van der Waals surface area contributed by atoms with Crippen LogP contribution in [0.15, 0.2) is 66.7 Å². The molecule has 0 atom stereocenters. The minimum absolute atomic E-state index is 0.0872. The average molecular weight is 411 g/mol. The van der Waals surface area contributed by atoms with E-state index in [2.05, 4.69) is 17.4 Å². The Morgan fingerprint density at radius 3 is 2.45 bits per heavy atom. The molecule has 1 amide bonds. The molecule has 0 saturated carbocycles. The maximum absolute atomic E-state index is 12.2. The van der Waals surface area contributed by atoms with Gasteiger partial charge in [-0.1, -0.05) is 48.5 Å². The van der Waals surface area contributed by atoms with Gasteiger partial charge in [-0.3, -0.25) is 9.10 Å². The molecule has 0 aliphatic rings. The van der Waals surface area contributed by atoms with E-state index in [0.717, 1.165) is 16.5 Å². The van der Waals surface area contributed by atoms with Crippen LogP contribution < -0.4 is 9.62 Å². The van der Waals surface area contributed by atoms with Gasteiger partial charge in [-0.25, -0.2) is 8.42 Å². The quantitative estimate of drug-likeness (QED) is 0.610. The van der Waals surface area contributed by atoms with Gasteiger partial charge in [0.25, 0.3) is 0 Å². The van der Waals surface area contributed by atoms with Crippen molar-refractivity contribution in [1.29, 1.82) is 0 Å². The summed E-state index contributed by atoms with van der Waals surface area (Å²) in [4.78, 5) is 12.2. The standard InChI is InChI=1S/C23H26N2O3S/c1-18-7-5-10-22(15-18)25(29(2,27)28)14-6-11-23(26)24-17-19-12-13-20-8-3-4-9-21(20)16-19/h3-5,7-10,12-13,15-16H,6,11,14,17H2,1-2H3,(H,24,26). The summed E-state index contributed by atoms with van der Waals surface area (Å²) in [6.07, 6.45) is 1.91. The minimum Gasteiger partial charge on any atom is -0.352 e. The third kappa shape index (κ3) is 5.81. The molecule has 1 N–H and O–H groups in total. The minimum atomic E-state index is -3.41. The Kier molecular flexibility index (Phi) is 6.54. The molecule has 0 heterocycles. The van der Waals surface area contributed by atoms with E-state index >= 15 is 0 Å². The summed E-state index contributed by atoms with van der Waals surface area (Å²) in [5.74, 6) is -0.0872. The smallest absolute Gasteiger partial charge is 0.232 e. The van der Waals surface area contributed by atoms with Crippen molar-refractivity contribution in [2.45, 2.75) is 26.3 Å². The number of sulfonamides is 1. The molecule has 152 valence electrons. The lowest BCUT2D eigenvalue weighted by Gasteiger charge is -2.22. The van der Waals surface area contributed by atoms with E-state index in [4.69, 9.17) is 0 Å². The van der Waals surface area contributed by atoms with Crippen LogP contribution >= 0.6 is 0 Å². The first kappa shape index (κ1) is 20.9. The highest BCUT2D eigenvalue weighted by Crippen LogP contribution is 2.19. The number of carbonyl (C=O) groups is 1. The number of nitrogens with one attached hydrogen (secondary N) is 1. The van der Waals surface area contributed by atoms with Crippen LogP contribution in [0.1, 0.15) is 24.0 Å².